The van der Waals surface area contributed by atoms with Gasteiger partial charge in [-0.3, -0.25) is 4.79 Å². The second-order valence-corrected chi connectivity index (χ2v) is 5.22. The number of carbonyl (C=O) groups excluding carboxylic acids is 1. The smallest absolute Gasteiger partial charge is 0.252 e. The first-order chi connectivity index (χ1) is 9.72. The molecule has 4 nitrogen and oxygen atoms in total. The highest BCUT2D eigenvalue weighted by Gasteiger charge is 2.21. The number of nitriles is 1. The molecule has 1 atom stereocenters. The molecule has 0 aliphatic heterocycles. The molecule has 0 bridgehead atoms. The van der Waals surface area contributed by atoms with Crippen LogP contribution in [-0.4, -0.2) is 18.6 Å². The van der Waals surface area contributed by atoms with Crippen molar-refractivity contribution in [1.82, 2.24) is 5.32 Å². The monoisotopic (exact) mass is 272 g/mol. The van der Waals surface area contributed by atoms with Crippen molar-refractivity contribution in [2.75, 3.05) is 6.61 Å². The summed E-state index contributed by atoms with van der Waals surface area (Å²) in [5.74, 6) is 1.29. The van der Waals surface area contributed by atoms with Crippen LogP contribution in [-0.2, 0) is 0 Å². The molecule has 2 rings (SSSR count). The molecule has 1 unspecified atom stereocenters. The number of amides is 1. The second kappa shape index (κ2) is 6.95. The molecule has 1 aromatic rings. The van der Waals surface area contributed by atoms with E-state index in [4.69, 9.17) is 10.00 Å². The molecule has 1 fully saturated rings. The molecule has 1 amide bonds. The minimum Gasteiger partial charge on any atom is -0.493 e. The van der Waals surface area contributed by atoms with E-state index in [9.17, 15) is 4.79 Å². The number of benzene rings is 1. The summed E-state index contributed by atoms with van der Waals surface area (Å²) in [7, 11) is 0. The fraction of sp³-hybridized carbons (Fsp3) is 0.500. The van der Waals surface area contributed by atoms with Gasteiger partial charge in [-0.05, 0) is 49.4 Å². The molecular weight excluding hydrogens is 252 g/mol. The first-order valence-electron chi connectivity index (χ1n) is 7.16. The topological polar surface area (TPSA) is 62.1 Å². The van der Waals surface area contributed by atoms with Crippen LogP contribution in [0.5, 0.6) is 5.75 Å². The van der Waals surface area contributed by atoms with Gasteiger partial charge in [0, 0.05) is 5.56 Å². The number of nitrogens with zero attached hydrogens (tertiary/aromatic N) is 1. The van der Waals surface area contributed by atoms with E-state index in [2.05, 4.69) is 11.4 Å². The first-order valence-corrected chi connectivity index (χ1v) is 7.16. The highest BCUT2D eigenvalue weighted by Crippen LogP contribution is 2.29. The lowest BCUT2D eigenvalue weighted by molar-refractivity contribution is 0.0944. The predicted octanol–water partition coefficient (Wildman–Crippen LogP) is 2.90. The Balaban J connectivity index is 1.87. The fourth-order valence-electron chi connectivity index (χ4n) is 1.90. The third kappa shape index (κ3) is 4.27. The van der Waals surface area contributed by atoms with Crippen LogP contribution in [0.15, 0.2) is 24.3 Å². The van der Waals surface area contributed by atoms with E-state index in [-0.39, 0.29) is 5.91 Å². The van der Waals surface area contributed by atoms with Crippen molar-refractivity contribution in [3.8, 4) is 11.8 Å². The van der Waals surface area contributed by atoms with Gasteiger partial charge in [-0.25, -0.2) is 0 Å². The number of carbonyl (C=O) groups is 1. The number of hydrogen-bond acceptors (Lipinski definition) is 3. The zero-order chi connectivity index (χ0) is 14.4. The van der Waals surface area contributed by atoms with Crippen molar-refractivity contribution in [3.63, 3.8) is 0 Å². The number of rotatable bonds is 7. The van der Waals surface area contributed by atoms with E-state index in [0.717, 1.165) is 18.8 Å². The summed E-state index contributed by atoms with van der Waals surface area (Å²) in [6.07, 6.45) is 4.05. The van der Waals surface area contributed by atoms with Crippen molar-refractivity contribution in [1.29, 1.82) is 5.26 Å². The van der Waals surface area contributed by atoms with E-state index >= 15 is 0 Å². The van der Waals surface area contributed by atoms with E-state index in [1.54, 1.807) is 24.3 Å². The average molecular weight is 272 g/mol. The highest BCUT2D eigenvalue weighted by molar-refractivity contribution is 5.94. The van der Waals surface area contributed by atoms with Gasteiger partial charge in [0.15, 0.2) is 0 Å². The van der Waals surface area contributed by atoms with Gasteiger partial charge in [-0.1, -0.05) is 13.3 Å². The van der Waals surface area contributed by atoms with Gasteiger partial charge >= 0.3 is 0 Å². The number of hydrogen-bond donors (Lipinski definition) is 1. The van der Waals surface area contributed by atoms with Crippen molar-refractivity contribution in [3.05, 3.63) is 29.8 Å². The molecule has 1 N–H and O–H groups in total. The van der Waals surface area contributed by atoms with Crippen LogP contribution in [0.4, 0.5) is 0 Å². The maximum Gasteiger partial charge on any atom is 0.252 e. The summed E-state index contributed by atoms with van der Waals surface area (Å²) in [5, 5.41) is 11.7. The van der Waals surface area contributed by atoms with Crippen molar-refractivity contribution in [2.24, 2.45) is 5.92 Å². The van der Waals surface area contributed by atoms with Crippen LogP contribution in [0.3, 0.4) is 0 Å². The zero-order valence-corrected chi connectivity index (χ0v) is 11.8. The molecular formula is C16H20N2O2. The molecule has 106 valence electrons. The molecule has 0 spiro atoms. The molecule has 0 aromatic heterocycles. The molecule has 0 heterocycles. The summed E-state index contributed by atoms with van der Waals surface area (Å²) in [6.45, 7) is 2.75. The summed E-state index contributed by atoms with van der Waals surface area (Å²) >= 11 is 0. The SMILES string of the molecule is CCCC(C#N)NC(=O)c1ccc(OCC2CC2)cc1. The third-order valence-corrected chi connectivity index (χ3v) is 3.34. The van der Waals surface area contributed by atoms with E-state index in [1.165, 1.54) is 12.8 Å². The zero-order valence-electron chi connectivity index (χ0n) is 11.8. The molecule has 1 aliphatic carbocycles. The second-order valence-electron chi connectivity index (χ2n) is 5.22. The van der Waals surface area contributed by atoms with Gasteiger partial charge in [0.1, 0.15) is 11.8 Å². The Kier molecular flexibility index (Phi) is 5.00. The van der Waals surface area contributed by atoms with Crippen molar-refractivity contribution in [2.45, 2.75) is 38.6 Å². The van der Waals surface area contributed by atoms with Crippen LogP contribution in [0.25, 0.3) is 0 Å². The molecule has 0 radical (unpaired) electrons. The van der Waals surface area contributed by atoms with E-state index in [0.29, 0.717) is 17.9 Å². The number of nitrogens with one attached hydrogen (secondary N) is 1. The lowest BCUT2D eigenvalue weighted by Crippen LogP contribution is -2.33. The Bertz CT molecular complexity index is 486. The lowest BCUT2D eigenvalue weighted by Gasteiger charge is -2.11. The Labute approximate surface area is 119 Å². The van der Waals surface area contributed by atoms with Gasteiger partial charge in [0.05, 0.1) is 12.7 Å². The summed E-state index contributed by atoms with van der Waals surface area (Å²) in [4.78, 5) is 12.0. The normalized spacial score (nSPS) is 15.2. The van der Waals surface area contributed by atoms with E-state index in [1.807, 2.05) is 6.92 Å². The molecule has 1 aliphatic rings. The summed E-state index contributed by atoms with van der Waals surface area (Å²) in [6, 6.07) is 8.76. The van der Waals surface area contributed by atoms with Crippen LogP contribution in [0.1, 0.15) is 43.0 Å². The van der Waals surface area contributed by atoms with Gasteiger partial charge in [-0.2, -0.15) is 5.26 Å². The van der Waals surface area contributed by atoms with E-state index < -0.39 is 6.04 Å². The highest BCUT2D eigenvalue weighted by atomic mass is 16.5. The number of ether oxygens (including phenoxy) is 1. The molecule has 4 heteroatoms. The molecule has 20 heavy (non-hydrogen) atoms. The van der Waals surface area contributed by atoms with Crippen molar-refractivity contribution >= 4 is 5.91 Å². The molecule has 1 aromatic carbocycles. The van der Waals surface area contributed by atoms with Crippen LogP contribution in [0.2, 0.25) is 0 Å². The Morgan fingerprint density at radius 3 is 2.70 bits per heavy atom. The maximum absolute atomic E-state index is 12.0. The summed E-state index contributed by atoms with van der Waals surface area (Å²) < 4.78 is 5.62. The Morgan fingerprint density at radius 1 is 1.45 bits per heavy atom. The lowest BCUT2D eigenvalue weighted by atomic mass is 10.1. The largest absolute Gasteiger partial charge is 0.493 e. The maximum atomic E-state index is 12.0. The predicted molar refractivity (Wildman–Crippen MR) is 76.4 cm³/mol. The Hall–Kier alpha value is -2.02. The van der Waals surface area contributed by atoms with Gasteiger partial charge in [0.2, 0.25) is 0 Å². The van der Waals surface area contributed by atoms with Crippen molar-refractivity contribution < 1.29 is 9.53 Å². The minimum atomic E-state index is -0.418. The van der Waals surface area contributed by atoms with Crippen LogP contribution >= 0.6 is 0 Å². The van der Waals surface area contributed by atoms with Gasteiger partial charge < -0.3 is 10.1 Å². The quantitative estimate of drug-likeness (QED) is 0.830. The standard InChI is InChI=1S/C16H20N2O2/c1-2-3-14(10-17)18-16(19)13-6-8-15(9-7-13)20-11-12-4-5-12/h6-9,12,14H,2-5,11H2,1H3,(H,18,19). The van der Waals surface area contributed by atoms with Crippen LogP contribution < -0.4 is 10.1 Å². The molecule has 1 saturated carbocycles. The van der Waals surface area contributed by atoms with Gasteiger partial charge in [0.25, 0.3) is 5.91 Å². The summed E-state index contributed by atoms with van der Waals surface area (Å²) in [5.41, 5.74) is 0.556. The Morgan fingerprint density at radius 2 is 2.15 bits per heavy atom. The van der Waals surface area contributed by atoms with Gasteiger partial charge in [-0.15, -0.1) is 0 Å². The minimum absolute atomic E-state index is 0.209. The van der Waals surface area contributed by atoms with Crippen LogP contribution in [0, 0.1) is 17.2 Å². The third-order valence-electron chi connectivity index (χ3n) is 3.34. The fourth-order valence-corrected chi connectivity index (χ4v) is 1.90. The average Bonchev–Trinajstić information content (AvgIpc) is 3.29. The first kappa shape index (κ1) is 14.4. The molecule has 0 saturated heterocycles.